The maximum Gasteiger partial charge on any atom is 0.233 e. The summed E-state index contributed by atoms with van der Waals surface area (Å²) >= 11 is 1.34. The van der Waals surface area contributed by atoms with E-state index >= 15 is 0 Å². The maximum absolute atomic E-state index is 12.4. The highest BCUT2D eigenvalue weighted by molar-refractivity contribution is 7.99. The number of hydrogen-bond donors (Lipinski definition) is 1. The Morgan fingerprint density at radius 3 is 3.11 bits per heavy atom. The number of likely N-dealkylation sites (tertiary alicyclic amines) is 1. The fourth-order valence-electron chi connectivity index (χ4n) is 3.49. The number of hydrogen-bond acceptors (Lipinski definition) is 6. The number of thioether (sulfide) groups is 1. The summed E-state index contributed by atoms with van der Waals surface area (Å²) in [5, 5.41) is 9.98. The van der Waals surface area contributed by atoms with E-state index in [9.17, 15) is 4.79 Å². The fourth-order valence-corrected chi connectivity index (χ4v) is 4.18. The average molecular weight is 385 g/mol. The van der Waals surface area contributed by atoms with Gasteiger partial charge in [0.25, 0.3) is 0 Å². The third kappa shape index (κ3) is 3.85. The Bertz CT molecular complexity index is 973. The largest absolute Gasteiger partial charge is 0.494 e. The van der Waals surface area contributed by atoms with Crippen molar-refractivity contribution in [2.24, 2.45) is 5.92 Å². The zero-order valence-electron chi connectivity index (χ0n) is 15.6. The quantitative estimate of drug-likeness (QED) is 0.679. The summed E-state index contributed by atoms with van der Waals surface area (Å²) < 4.78 is 5.56. The smallest absolute Gasteiger partial charge is 0.233 e. The molecule has 1 atom stereocenters. The molecule has 1 saturated heterocycles. The van der Waals surface area contributed by atoms with E-state index in [0.717, 1.165) is 36.2 Å². The van der Waals surface area contributed by atoms with E-state index in [4.69, 9.17) is 4.74 Å². The van der Waals surface area contributed by atoms with Crippen LogP contribution in [0, 0.1) is 5.92 Å². The third-order valence-corrected chi connectivity index (χ3v) is 5.63. The normalized spacial score (nSPS) is 17.6. The molecule has 0 radical (unpaired) electrons. The number of piperidine rings is 1. The summed E-state index contributed by atoms with van der Waals surface area (Å²) in [6, 6.07) is 5.82. The molecular formula is C19H23N5O2S. The Morgan fingerprint density at radius 2 is 2.30 bits per heavy atom. The van der Waals surface area contributed by atoms with Crippen LogP contribution in [0.15, 0.2) is 23.4 Å². The van der Waals surface area contributed by atoms with Crippen molar-refractivity contribution in [3.05, 3.63) is 18.2 Å². The van der Waals surface area contributed by atoms with Crippen LogP contribution in [-0.4, -0.2) is 56.4 Å². The number of ether oxygens (including phenoxy) is 1. The van der Waals surface area contributed by atoms with Crippen LogP contribution in [0.25, 0.3) is 22.1 Å². The van der Waals surface area contributed by atoms with Gasteiger partial charge in [0.1, 0.15) is 11.3 Å². The molecule has 27 heavy (non-hydrogen) atoms. The first-order valence-electron chi connectivity index (χ1n) is 9.33. The van der Waals surface area contributed by atoms with Crippen LogP contribution < -0.4 is 4.74 Å². The fraction of sp³-hybridized carbons (Fsp3) is 0.474. The first-order chi connectivity index (χ1) is 13.1. The highest BCUT2D eigenvalue weighted by Crippen LogP contribution is 2.27. The number of amides is 1. The molecule has 2 aromatic heterocycles. The van der Waals surface area contributed by atoms with Gasteiger partial charge in [0, 0.05) is 24.0 Å². The molecular weight excluding hydrogens is 362 g/mol. The number of nitrogens with one attached hydrogen (secondary N) is 1. The van der Waals surface area contributed by atoms with Crippen LogP contribution in [0.1, 0.15) is 26.7 Å². The monoisotopic (exact) mass is 385 g/mol. The number of carbonyl (C=O) groups excluding carboxylic acids is 1. The van der Waals surface area contributed by atoms with Crippen molar-refractivity contribution in [2.75, 3.05) is 25.4 Å². The Labute approximate surface area is 161 Å². The molecule has 1 amide bonds. The zero-order chi connectivity index (χ0) is 18.8. The predicted octanol–water partition coefficient (Wildman–Crippen LogP) is 3.26. The molecule has 0 saturated carbocycles. The summed E-state index contributed by atoms with van der Waals surface area (Å²) in [7, 11) is 0. The van der Waals surface area contributed by atoms with Gasteiger partial charge >= 0.3 is 0 Å². The van der Waals surface area contributed by atoms with Gasteiger partial charge in [-0.1, -0.05) is 18.7 Å². The van der Waals surface area contributed by atoms with E-state index < -0.39 is 0 Å². The second-order valence-corrected chi connectivity index (χ2v) is 7.88. The van der Waals surface area contributed by atoms with E-state index in [1.807, 2.05) is 30.0 Å². The lowest BCUT2D eigenvalue weighted by atomic mass is 10.0. The molecule has 1 N–H and O–H groups in total. The SMILES string of the molecule is CCOc1ccc2[nH]c3nc(SCC(=O)N4CCC[C@H](C)C4)nnc3c2c1. The van der Waals surface area contributed by atoms with Crippen molar-refractivity contribution >= 4 is 39.7 Å². The molecule has 8 heteroatoms. The van der Waals surface area contributed by atoms with Crippen molar-refractivity contribution in [1.82, 2.24) is 25.1 Å². The van der Waals surface area contributed by atoms with Crippen LogP contribution >= 0.6 is 11.8 Å². The van der Waals surface area contributed by atoms with Crippen molar-refractivity contribution in [2.45, 2.75) is 31.8 Å². The molecule has 1 fully saturated rings. The van der Waals surface area contributed by atoms with Crippen LogP contribution in [0.4, 0.5) is 0 Å². The molecule has 7 nitrogen and oxygen atoms in total. The molecule has 1 aliphatic heterocycles. The van der Waals surface area contributed by atoms with Crippen LogP contribution in [0.2, 0.25) is 0 Å². The van der Waals surface area contributed by atoms with Gasteiger partial charge in [0.05, 0.1) is 12.4 Å². The number of aromatic nitrogens is 4. The Morgan fingerprint density at radius 1 is 1.41 bits per heavy atom. The van der Waals surface area contributed by atoms with E-state index in [-0.39, 0.29) is 5.91 Å². The van der Waals surface area contributed by atoms with Crippen molar-refractivity contribution in [3.63, 3.8) is 0 Å². The zero-order valence-corrected chi connectivity index (χ0v) is 16.4. The predicted molar refractivity (Wildman–Crippen MR) is 106 cm³/mol. The van der Waals surface area contributed by atoms with E-state index in [1.165, 1.54) is 18.2 Å². The lowest BCUT2D eigenvalue weighted by molar-refractivity contribution is -0.130. The van der Waals surface area contributed by atoms with Gasteiger partial charge in [0.2, 0.25) is 11.1 Å². The van der Waals surface area contributed by atoms with Gasteiger partial charge in [0.15, 0.2) is 5.65 Å². The molecule has 0 aliphatic carbocycles. The van der Waals surface area contributed by atoms with Gasteiger partial charge in [-0.25, -0.2) is 4.98 Å². The minimum Gasteiger partial charge on any atom is -0.494 e. The highest BCUT2D eigenvalue weighted by Gasteiger charge is 2.21. The first-order valence-corrected chi connectivity index (χ1v) is 10.3. The van der Waals surface area contributed by atoms with Crippen LogP contribution in [0.5, 0.6) is 5.75 Å². The number of carbonyl (C=O) groups is 1. The molecule has 142 valence electrons. The van der Waals surface area contributed by atoms with Gasteiger partial charge in [-0.3, -0.25) is 4.79 Å². The average Bonchev–Trinajstić information content (AvgIpc) is 3.03. The molecule has 0 spiro atoms. The molecule has 1 aromatic carbocycles. The number of aromatic amines is 1. The number of rotatable bonds is 5. The van der Waals surface area contributed by atoms with Gasteiger partial charge in [-0.05, 0) is 43.9 Å². The summed E-state index contributed by atoms with van der Waals surface area (Å²) in [6.07, 6.45) is 2.28. The van der Waals surface area contributed by atoms with Gasteiger partial charge in [-0.15, -0.1) is 10.2 Å². The second-order valence-electron chi connectivity index (χ2n) is 6.93. The maximum atomic E-state index is 12.4. The standard InChI is InChI=1S/C19H23N5O2S/c1-3-26-13-6-7-15-14(9-13)17-18(20-15)21-19(23-22-17)27-11-16(25)24-8-4-5-12(2)10-24/h6-7,9,12H,3-5,8,10-11H2,1-2H3,(H,20,21,23)/t12-/m0/s1. The molecule has 0 unspecified atom stereocenters. The van der Waals surface area contributed by atoms with Gasteiger partial charge < -0.3 is 14.6 Å². The van der Waals surface area contributed by atoms with Gasteiger partial charge in [-0.2, -0.15) is 0 Å². The lowest BCUT2D eigenvalue weighted by Crippen LogP contribution is -2.40. The number of benzene rings is 1. The lowest BCUT2D eigenvalue weighted by Gasteiger charge is -2.30. The molecule has 0 bridgehead atoms. The summed E-state index contributed by atoms with van der Waals surface area (Å²) in [5.74, 6) is 1.87. The van der Waals surface area contributed by atoms with E-state index in [2.05, 4.69) is 27.1 Å². The topological polar surface area (TPSA) is 84.0 Å². The van der Waals surface area contributed by atoms with Crippen molar-refractivity contribution in [1.29, 1.82) is 0 Å². The second kappa shape index (κ2) is 7.72. The number of fused-ring (bicyclic) bond motifs is 3. The molecule has 3 heterocycles. The Hall–Kier alpha value is -2.35. The van der Waals surface area contributed by atoms with Crippen molar-refractivity contribution in [3.8, 4) is 5.75 Å². The Balaban J connectivity index is 1.49. The number of H-pyrrole nitrogens is 1. The summed E-state index contributed by atoms with van der Waals surface area (Å²) in [5.41, 5.74) is 2.33. The Kier molecular flexibility index (Phi) is 5.15. The minimum atomic E-state index is 0.147. The first kappa shape index (κ1) is 18.0. The molecule has 4 rings (SSSR count). The van der Waals surface area contributed by atoms with E-state index in [0.29, 0.717) is 34.6 Å². The van der Waals surface area contributed by atoms with E-state index in [1.54, 1.807) is 0 Å². The number of nitrogens with zero attached hydrogens (tertiary/aromatic N) is 4. The molecule has 3 aromatic rings. The highest BCUT2D eigenvalue weighted by atomic mass is 32.2. The molecule has 1 aliphatic rings. The summed E-state index contributed by atoms with van der Waals surface area (Å²) in [6.45, 7) is 6.46. The van der Waals surface area contributed by atoms with Crippen LogP contribution in [0.3, 0.4) is 0 Å². The van der Waals surface area contributed by atoms with Crippen LogP contribution in [-0.2, 0) is 4.79 Å². The summed E-state index contributed by atoms with van der Waals surface area (Å²) in [4.78, 5) is 22.2. The third-order valence-electron chi connectivity index (χ3n) is 4.81. The minimum absolute atomic E-state index is 0.147. The van der Waals surface area contributed by atoms with Crippen molar-refractivity contribution < 1.29 is 9.53 Å².